The summed E-state index contributed by atoms with van der Waals surface area (Å²) in [5.74, 6) is 1.04. The van der Waals surface area contributed by atoms with Crippen molar-refractivity contribution in [3.8, 4) is 11.4 Å². The van der Waals surface area contributed by atoms with Crippen LogP contribution in [-0.2, 0) is 18.4 Å². The summed E-state index contributed by atoms with van der Waals surface area (Å²) >= 11 is 1.33. The Labute approximate surface area is 154 Å². The fraction of sp³-hybridized carbons (Fsp3) is 0.278. The summed E-state index contributed by atoms with van der Waals surface area (Å²) < 4.78 is 20.1. The minimum Gasteiger partial charge on any atom is -0.469 e. The molecule has 2 aromatic heterocycles. The summed E-state index contributed by atoms with van der Waals surface area (Å²) in [4.78, 5) is 12.3. The summed E-state index contributed by atoms with van der Waals surface area (Å²) in [6.45, 7) is 4.02. The van der Waals surface area contributed by atoms with Gasteiger partial charge >= 0.3 is 0 Å². The lowest BCUT2D eigenvalue weighted by Crippen LogP contribution is -2.30. The highest BCUT2D eigenvalue weighted by Crippen LogP contribution is 2.27. The zero-order chi connectivity index (χ0) is 18.7. The van der Waals surface area contributed by atoms with Crippen LogP contribution in [0.25, 0.3) is 11.4 Å². The molecule has 0 bridgehead atoms. The van der Waals surface area contributed by atoms with E-state index in [0.29, 0.717) is 17.5 Å². The number of hydrogen-bond donors (Lipinski definition) is 1. The van der Waals surface area contributed by atoms with Gasteiger partial charge in [0.2, 0.25) is 5.91 Å². The number of nitrogens with zero attached hydrogens (tertiary/aromatic N) is 3. The molecule has 1 unspecified atom stereocenters. The molecule has 0 saturated heterocycles. The van der Waals surface area contributed by atoms with Gasteiger partial charge in [0.25, 0.3) is 0 Å². The molecule has 1 atom stereocenters. The molecule has 0 fully saturated rings. The molecule has 0 aliphatic carbocycles. The fourth-order valence-corrected chi connectivity index (χ4v) is 3.25. The Hall–Kier alpha value is -2.61. The predicted molar refractivity (Wildman–Crippen MR) is 97.0 cm³/mol. The van der Waals surface area contributed by atoms with Gasteiger partial charge in [-0.1, -0.05) is 23.9 Å². The minimum atomic E-state index is -0.350. The van der Waals surface area contributed by atoms with Crippen LogP contribution in [0.3, 0.4) is 0 Å². The molecular weight excluding hydrogens is 355 g/mol. The molecular formula is C18H19FN4O2S. The number of benzene rings is 1. The third kappa shape index (κ3) is 3.96. The van der Waals surface area contributed by atoms with Crippen LogP contribution < -0.4 is 5.32 Å². The quantitative estimate of drug-likeness (QED) is 0.670. The largest absolute Gasteiger partial charge is 0.469 e. The second-order valence-electron chi connectivity index (χ2n) is 5.86. The Balaban J connectivity index is 1.61. The number of hydrogen-bond acceptors (Lipinski definition) is 5. The second-order valence-corrected chi connectivity index (χ2v) is 7.17. The number of carbonyl (C=O) groups excluding carboxylic acids is 1. The lowest BCUT2D eigenvalue weighted by Gasteiger charge is -2.11. The number of halogens is 1. The Bertz CT molecular complexity index is 904. The van der Waals surface area contributed by atoms with E-state index in [1.807, 2.05) is 31.5 Å². The molecule has 3 rings (SSSR count). The standard InChI is InChI=1S/C18H19FN4O2S/c1-11-15(8-9-25-11)16-21-22-18(23(16)3)26-12(2)17(24)20-10-13-4-6-14(19)7-5-13/h4-9,12H,10H2,1-3H3,(H,20,24). The number of aryl methyl sites for hydroxylation is 1. The van der Waals surface area contributed by atoms with Crippen molar-refractivity contribution in [1.82, 2.24) is 20.1 Å². The highest BCUT2D eigenvalue weighted by atomic mass is 32.2. The van der Waals surface area contributed by atoms with Gasteiger partial charge in [-0.15, -0.1) is 10.2 Å². The fourth-order valence-electron chi connectivity index (χ4n) is 2.42. The average molecular weight is 374 g/mol. The molecule has 26 heavy (non-hydrogen) atoms. The SMILES string of the molecule is Cc1occc1-c1nnc(SC(C)C(=O)NCc2ccc(F)cc2)n1C. The van der Waals surface area contributed by atoms with Gasteiger partial charge in [0.15, 0.2) is 11.0 Å². The van der Waals surface area contributed by atoms with Gasteiger partial charge in [-0.25, -0.2) is 4.39 Å². The van der Waals surface area contributed by atoms with Crippen LogP contribution in [0.1, 0.15) is 18.2 Å². The van der Waals surface area contributed by atoms with Crippen molar-refractivity contribution in [2.24, 2.45) is 7.05 Å². The second kappa shape index (κ2) is 7.74. The molecule has 1 amide bonds. The first-order chi connectivity index (χ1) is 12.5. The topological polar surface area (TPSA) is 72.9 Å². The Morgan fingerprint density at radius 3 is 2.69 bits per heavy atom. The molecule has 0 saturated carbocycles. The van der Waals surface area contributed by atoms with Gasteiger partial charge in [0.1, 0.15) is 11.6 Å². The molecule has 0 radical (unpaired) electrons. The summed E-state index contributed by atoms with van der Waals surface area (Å²) in [6, 6.07) is 7.88. The number of rotatable bonds is 6. The van der Waals surface area contributed by atoms with Gasteiger partial charge in [-0.3, -0.25) is 4.79 Å². The summed E-state index contributed by atoms with van der Waals surface area (Å²) in [7, 11) is 1.85. The number of nitrogens with one attached hydrogen (secondary N) is 1. The van der Waals surface area contributed by atoms with Crippen LogP contribution in [0.2, 0.25) is 0 Å². The lowest BCUT2D eigenvalue weighted by molar-refractivity contribution is -0.120. The minimum absolute atomic E-state index is 0.122. The van der Waals surface area contributed by atoms with Gasteiger partial charge in [0, 0.05) is 13.6 Å². The summed E-state index contributed by atoms with van der Waals surface area (Å²) in [5, 5.41) is 11.5. The number of aromatic nitrogens is 3. The normalized spacial score (nSPS) is 12.2. The monoisotopic (exact) mass is 374 g/mol. The van der Waals surface area contributed by atoms with Crippen molar-refractivity contribution in [3.05, 3.63) is 53.7 Å². The van der Waals surface area contributed by atoms with Crippen LogP contribution in [0.4, 0.5) is 4.39 Å². The van der Waals surface area contributed by atoms with E-state index in [9.17, 15) is 9.18 Å². The average Bonchev–Trinajstić information content (AvgIpc) is 3.20. The van der Waals surface area contributed by atoms with Crippen molar-refractivity contribution in [2.45, 2.75) is 30.8 Å². The van der Waals surface area contributed by atoms with Crippen LogP contribution in [0.5, 0.6) is 0 Å². The number of amides is 1. The highest BCUT2D eigenvalue weighted by Gasteiger charge is 2.20. The maximum Gasteiger partial charge on any atom is 0.233 e. The first kappa shape index (κ1) is 18.2. The Kier molecular flexibility index (Phi) is 5.41. The molecule has 0 aliphatic heterocycles. The van der Waals surface area contributed by atoms with Crippen LogP contribution in [-0.4, -0.2) is 25.9 Å². The van der Waals surface area contributed by atoms with Crippen LogP contribution in [0.15, 0.2) is 46.2 Å². The van der Waals surface area contributed by atoms with Gasteiger partial charge < -0.3 is 14.3 Å². The smallest absolute Gasteiger partial charge is 0.233 e. The van der Waals surface area contributed by atoms with E-state index < -0.39 is 0 Å². The first-order valence-corrected chi connectivity index (χ1v) is 8.96. The van der Waals surface area contributed by atoms with E-state index in [0.717, 1.165) is 16.9 Å². The molecule has 6 nitrogen and oxygen atoms in total. The molecule has 3 aromatic rings. The zero-order valence-corrected chi connectivity index (χ0v) is 15.5. The molecule has 8 heteroatoms. The Morgan fingerprint density at radius 2 is 2.04 bits per heavy atom. The van der Waals surface area contributed by atoms with Crippen molar-refractivity contribution < 1.29 is 13.6 Å². The van der Waals surface area contributed by atoms with Crippen LogP contribution in [0, 0.1) is 12.7 Å². The van der Waals surface area contributed by atoms with Gasteiger partial charge in [-0.05, 0) is 37.6 Å². The number of furan rings is 1. The molecule has 136 valence electrons. The van der Waals surface area contributed by atoms with E-state index in [2.05, 4.69) is 15.5 Å². The van der Waals surface area contributed by atoms with E-state index in [1.165, 1.54) is 23.9 Å². The highest BCUT2D eigenvalue weighted by molar-refractivity contribution is 8.00. The first-order valence-electron chi connectivity index (χ1n) is 8.08. The van der Waals surface area contributed by atoms with Crippen molar-refractivity contribution >= 4 is 17.7 Å². The zero-order valence-electron chi connectivity index (χ0n) is 14.7. The van der Waals surface area contributed by atoms with Gasteiger partial charge in [0.05, 0.1) is 17.1 Å². The van der Waals surface area contributed by atoms with Gasteiger partial charge in [-0.2, -0.15) is 0 Å². The third-order valence-electron chi connectivity index (χ3n) is 3.97. The number of thioether (sulfide) groups is 1. The van der Waals surface area contributed by atoms with Crippen molar-refractivity contribution in [3.63, 3.8) is 0 Å². The van der Waals surface area contributed by atoms with E-state index >= 15 is 0 Å². The van der Waals surface area contributed by atoms with Crippen molar-refractivity contribution in [2.75, 3.05) is 0 Å². The van der Waals surface area contributed by atoms with E-state index in [1.54, 1.807) is 18.4 Å². The third-order valence-corrected chi connectivity index (χ3v) is 5.10. The molecule has 0 spiro atoms. The summed E-state index contributed by atoms with van der Waals surface area (Å²) in [5.41, 5.74) is 1.72. The van der Waals surface area contributed by atoms with Crippen molar-refractivity contribution in [1.29, 1.82) is 0 Å². The molecule has 0 aliphatic rings. The van der Waals surface area contributed by atoms with E-state index in [4.69, 9.17) is 4.42 Å². The molecule has 2 heterocycles. The lowest BCUT2D eigenvalue weighted by atomic mass is 10.2. The van der Waals surface area contributed by atoms with Crippen LogP contribution >= 0.6 is 11.8 Å². The molecule has 1 aromatic carbocycles. The maximum atomic E-state index is 12.9. The predicted octanol–water partition coefficient (Wildman–Crippen LogP) is 3.32. The number of carbonyl (C=O) groups is 1. The molecule has 1 N–H and O–H groups in total. The van der Waals surface area contributed by atoms with E-state index in [-0.39, 0.29) is 17.0 Å². The summed E-state index contributed by atoms with van der Waals surface area (Å²) in [6.07, 6.45) is 1.61. The Morgan fingerprint density at radius 1 is 1.31 bits per heavy atom. The maximum absolute atomic E-state index is 12.9.